The fraction of sp³-hybridized carbons (Fsp3) is 0.316. The summed E-state index contributed by atoms with van der Waals surface area (Å²) >= 11 is 3.53. The van der Waals surface area contributed by atoms with E-state index in [0.717, 1.165) is 28.6 Å². The van der Waals surface area contributed by atoms with E-state index in [2.05, 4.69) is 22.0 Å². The van der Waals surface area contributed by atoms with Crippen LogP contribution in [0.15, 0.2) is 53.0 Å². The minimum Gasteiger partial charge on any atom is -0.444 e. The minimum absolute atomic E-state index is 0.230. The highest BCUT2D eigenvalue weighted by Crippen LogP contribution is 2.44. The molecule has 0 N–H and O–H groups in total. The van der Waals surface area contributed by atoms with Crippen LogP contribution in [-0.2, 0) is 17.8 Å². The zero-order valence-corrected chi connectivity index (χ0v) is 14.3. The van der Waals surface area contributed by atoms with Gasteiger partial charge in [-0.2, -0.15) is 0 Å². The van der Waals surface area contributed by atoms with Crippen molar-refractivity contribution in [1.29, 1.82) is 0 Å². The molecule has 2 aromatic carbocycles. The van der Waals surface area contributed by atoms with Gasteiger partial charge < -0.3 is 4.74 Å². The molecule has 23 heavy (non-hydrogen) atoms. The van der Waals surface area contributed by atoms with Crippen molar-refractivity contribution in [2.45, 2.75) is 31.9 Å². The van der Waals surface area contributed by atoms with Crippen molar-refractivity contribution in [3.63, 3.8) is 0 Å². The lowest BCUT2D eigenvalue weighted by Gasteiger charge is -2.48. The highest BCUT2D eigenvalue weighted by molar-refractivity contribution is 9.10. The lowest BCUT2D eigenvalue weighted by atomic mass is 9.72. The molecule has 118 valence electrons. The SMILES string of the molecule is O=C(OCc1ccccc1)N1c2ccc(Br)cc2CC2CCC21. The number of anilines is 1. The van der Waals surface area contributed by atoms with E-state index in [1.54, 1.807) is 0 Å². The number of rotatable bonds is 2. The Morgan fingerprint density at radius 2 is 2.00 bits per heavy atom. The average Bonchev–Trinajstić information content (AvgIpc) is 2.55. The predicted octanol–water partition coefficient (Wildman–Crippen LogP) is 4.93. The molecule has 2 atom stereocenters. The first-order valence-electron chi connectivity index (χ1n) is 8.01. The Balaban J connectivity index is 1.56. The summed E-state index contributed by atoms with van der Waals surface area (Å²) in [5.74, 6) is 0.570. The van der Waals surface area contributed by atoms with Gasteiger partial charge in [-0.1, -0.05) is 46.3 Å². The Bertz CT molecular complexity index is 731. The second-order valence-electron chi connectivity index (χ2n) is 6.29. The topological polar surface area (TPSA) is 29.5 Å². The van der Waals surface area contributed by atoms with Gasteiger partial charge in [0.1, 0.15) is 6.61 Å². The van der Waals surface area contributed by atoms with Crippen LogP contribution in [0.4, 0.5) is 10.5 Å². The fourth-order valence-electron chi connectivity index (χ4n) is 3.57. The van der Waals surface area contributed by atoms with E-state index < -0.39 is 0 Å². The Labute approximate surface area is 144 Å². The number of amides is 1. The lowest BCUT2D eigenvalue weighted by Crippen LogP contribution is -2.54. The van der Waals surface area contributed by atoms with Crippen LogP contribution in [0.25, 0.3) is 0 Å². The normalized spacial score (nSPS) is 21.9. The van der Waals surface area contributed by atoms with Crippen LogP contribution in [0.2, 0.25) is 0 Å². The van der Waals surface area contributed by atoms with Gasteiger partial charge in [0.05, 0.1) is 5.69 Å². The molecular weight excluding hydrogens is 354 g/mol. The zero-order valence-electron chi connectivity index (χ0n) is 12.7. The number of ether oxygens (including phenoxy) is 1. The van der Waals surface area contributed by atoms with E-state index in [4.69, 9.17) is 4.74 Å². The summed E-state index contributed by atoms with van der Waals surface area (Å²) < 4.78 is 6.64. The van der Waals surface area contributed by atoms with E-state index in [1.807, 2.05) is 47.4 Å². The Morgan fingerprint density at radius 1 is 1.17 bits per heavy atom. The molecular formula is C19H18BrNO2. The number of carbonyl (C=O) groups excluding carboxylic acids is 1. The number of hydrogen-bond donors (Lipinski definition) is 0. The second-order valence-corrected chi connectivity index (χ2v) is 7.21. The number of hydrogen-bond acceptors (Lipinski definition) is 2. The van der Waals surface area contributed by atoms with Gasteiger partial charge in [-0.15, -0.1) is 0 Å². The maximum Gasteiger partial charge on any atom is 0.414 e. The predicted molar refractivity (Wildman–Crippen MR) is 93.5 cm³/mol. The average molecular weight is 372 g/mol. The number of halogens is 1. The lowest BCUT2D eigenvalue weighted by molar-refractivity contribution is 0.130. The van der Waals surface area contributed by atoms with Crippen molar-refractivity contribution in [2.24, 2.45) is 5.92 Å². The highest BCUT2D eigenvalue weighted by Gasteiger charge is 2.43. The molecule has 0 radical (unpaired) electrons. The largest absolute Gasteiger partial charge is 0.444 e. The molecule has 1 amide bonds. The third-order valence-electron chi connectivity index (χ3n) is 4.89. The fourth-order valence-corrected chi connectivity index (χ4v) is 3.97. The molecule has 1 saturated carbocycles. The van der Waals surface area contributed by atoms with Gasteiger partial charge in [0.25, 0.3) is 0 Å². The van der Waals surface area contributed by atoms with Crippen molar-refractivity contribution in [1.82, 2.24) is 0 Å². The number of fused-ring (bicyclic) bond motifs is 2. The first-order chi connectivity index (χ1) is 11.2. The van der Waals surface area contributed by atoms with Gasteiger partial charge in [-0.25, -0.2) is 4.79 Å². The molecule has 1 aliphatic carbocycles. The van der Waals surface area contributed by atoms with Crippen LogP contribution in [0.1, 0.15) is 24.0 Å². The van der Waals surface area contributed by atoms with Gasteiger partial charge in [0.2, 0.25) is 0 Å². The van der Waals surface area contributed by atoms with Crippen molar-refractivity contribution >= 4 is 27.7 Å². The minimum atomic E-state index is -0.230. The van der Waals surface area contributed by atoms with Crippen LogP contribution >= 0.6 is 15.9 Å². The Morgan fingerprint density at radius 3 is 2.74 bits per heavy atom. The van der Waals surface area contributed by atoms with E-state index >= 15 is 0 Å². The summed E-state index contributed by atoms with van der Waals surface area (Å²) in [7, 11) is 0. The van der Waals surface area contributed by atoms with Crippen molar-refractivity contribution < 1.29 is 9.53 Å². The molecule has 1 fully saturated rings. The van der Waals surface area contributed by atoms with Crippen LogP contribution in [0.5, 0.6) is 0 Å². The first-order valence-corrected chi connectivity index (χ1v) is 8.80. The summed E-state index contributed by atoms with van der Waals surface area (Å²) in [6.07, 6.45) is 3.09. The Hall–Kier alpha value is -1.81. The molecule has 4 heteroatoms. The van der Waals surface area contributed by atoms with Gasteiger partial charge in [-0.05, 0) is 54.5 Å². The second kappa shape index (κ2) is 6.00. The molecule has 2 unspecified atom stereocenters. The molecule has 0 spiro atoms. The molecule has 3 nitrogen and oxygen atoms in total. The van der Waals surface area contributed by atoms with Crippen LogP contribution in [-0.4, -0.2) is 12.1 Å². The monoisotopic (exact) mass is 371 g/mol. The van der Waals surface area contributed by atoms with E-state index in [0.29, 0.717) is 18.6 Å². The molecule has 1 heterocycles. The third kappa shape index (κ3) is 2.76. The summed E-state index contributed by atoms with van der Waals surface area (Å²) in [6.45, 7) is 0.319. The van der Waals surface area contributed by atoms with Crippen LogP contribution in [0.3, 0.4) is 0 Å². The zero-order chi connectivity index (χ0) is 15.8. The molecule has 2 aliphatic rings. The van der Waals surface area contributed by atoms with E-state index in [9.17, 15) is 4.79 Å². The maximum atomic E-state index is 12.7. The van der Waals surface area contributed by atoms with Crippen LogP contribution < -0.4 is 4.90 Å². The third-order valence-corrected chi connectivity index (χ3v) is 5.39. The molecule has 4 rings (SSSR count). The summed E-state index contributed by atoms with van der Waals surface area (Å²) in [5, 5.41) is 0. The smallest absolute Gasteiger partial charge is 0.414 e. The summed E-state index contributed by atoms with van der Waals surface area (Å²) in [6, 6.07) is 16.3. The number of carbonyl (C=O) groups is 1. The molecule has 0 aromatic heterocycles. The van der Waals surface area contributed by atoms with Crippen molar-refractivity contribution in [2.75, 3.05) is 4.90 Å². The maximum absolute atomic E-state index is 12.7. The summed E-state index contributed by atoms with van der Waals surface area (Å²) in [5.41, 5.74) is 3.25. The van der Waals surface area contributed by atoms with Crippen LogP contribution in [0, 0.1) is 5.92 Å². The quantitative estimate of drug-likeness (QED) is 0.748. The molecule has 2 aromatic rings. The number of benzene rings is 2. The summed E-state index contributed by atoms with van der Waals surface area (Å²) in [4.78, 5) is 14.6. The van der Waals surface area contributed by atoms with Gasteiger partial charge >= 0.3 is 6.09 Å². The molecule has 0 bridgehead atoms. The molecule has 0 saturated heterocycles. The van der Waals surface area contributed by atoms with Gasteiger partial charge in [-0.3, -0.25) is 4.90 Å². The first kappa shape index (κ1) is 14.8. The van der Waals surface area contributed by atoms with E-state index in [1.165, 1.54) is 12.0 Å². The standard InChI is InChI=1S/C19H18BrNO2/c20-16-7-9-18-15(11-16)10-14-6-8-17(14)21(18)19(22)23-12-13-4-2-1-3-5-13/h1-5,7,9,11,14,17H,6,8,10,12H2. The van der Waals surface area contributed by atoms with Crippen molar-refractivity contribution in [3.05, 3.63) is 64.1 Å². The van der Waals surface area contributed by atoms with Gasteiger partial charge in [0.15, 0.2) is 0 Å². The van der Waals surface area contributed by atoms with Gasteiger partial charge in [0, 0.05) is 10.5 Å². The Kier molecular flexibility index (Phi) is 3.85. The highest BCUT2D eigenvalue weighted by atomic mass is 79.9. The van der Waals surface area contributed by atoms with Crippen molar-refractivity contribution in [3.8, 4) is 0 Å². The molecule has 1 aliphatic heterocycles. The number of nitrogens with zero attached hydrogens (tertiary/aromatic N) is 1. The van der Waals surface area contributed by atoms with E-state index in [-0.39, 0.29) is 6.09 Å².